The first-order valence-electron chi connectivity index (χ1n) is 18.8. The second-order valence-electron chi connectivity index (χ2n) is 14.1. The van der Waals surface area contributed by atoms with Crippen molar-refractivity contribution in [3.05, 3.63) is 194 Å². The van der Waals surface area contributed by atoms with Gasteiger partial charge in [0.05, 0.1) is 11.0 Å². The van der Waals surface area contributed by atoms with Crippen LogP contribution >= 0.6 is 0 Å². The van der Waals surface area contributed by atoms with E-state index in [-0.39, 0.29) is 0 Å². The molecule has 0 aliphatic heterocycles. The van der Waals surface area contributed by atoms with E-state index in [4.69, 9.17) is 19.4 Å². The molecule has 0 atom stereocenters. The fraction of sp³-hybridized carbons (Fsp3) is 0. The molecule has 0 fully saturated rings. The van der Waals surface area contributed by atoms with Gasteiger partial charge < -0.3 is 8.98 Å². The molecule has 0 aliphatic rings. The van der Waals surface area contributed by atoms with E-state index in [0.717, 1.165) is 66.5 Å². The molecule has 0 saturated heterocycles. The van der Waals surface area contributed by atoms with Gasteiger partial charge in [0.15, 0.2) is 17.5 Å². The van der Waals surface area contributed by atoms with Crippen LogP contribution in [-0.2, 0) is 0 Å². The maximum absolute atomic E-state index is 6.30. The molecular formula is C51H32N4O. The molecule has 0 radical (unpaired) electrons. The van der Waals surface area contributed by atoms with Crippen LogP contribution in [0, 0.1) is 0 Å². The van der Waals surface area contributed by atoms with E-state index >= 15 is 0 Å². The summed E-state index contributed by atoms with van der Waals surface area (Å²) in [5.74, 6) is 1.77. The summed E-state index contributed by atoms with van der Waals surface area (Å²) in [6.45, 7) is 0. The number of fused-ring (bicyclic) bond motifs is 6. The van der Waals surface area contributed by atoms with Crippen molar-refractivity contribution in [2.75, 3.05) is 0 Å². The zero-order valence-electron chi connectivity index (χ0n) is 30.2. The summed E-state index contributed by atoms with van der Waals surface area (Å²) in [6, 6.07) is 67.5. The second kappa shape index (κ2) is 13.0. The van der Waals surface area contributed by atoms with Gasteiger partial charge >= 0.3 is 0 Å². The Labute approximate surface area is 322 Å². The first kappa shape index (κ1) is 31.9. The smallest absolute Gasteiger partial charge is 0.164 e. The van der Waals surface area contributed by atoms with Crippen LogP contribution in [0.2, 0.25) is 0 Å². The summed E-state index contributed by atoms with van der Waals surface area (Å²) in [5, 5.41) is 4.58. The highest BCUT2D eigenvalue weighted by atomic mass is 16.3. The van der Waals surface area contributed by atoms with Gasteiger partial charge in [-0.25, -0.2) is 15.0 Å². The first-order chi connectivity index (χ1) is 27.7. The highest BCUT2D eigenvalue weighted by molar-refractivity contribution is 6.09. The molecule has 5 heteroatoms. The van der Waals surface area contributed by atoms with E-state index in [0.29, 0.717) is 17.5 Å². The predicted octanol–water partition coefficient (Wildman–Crippen LogP) is 13.2. The number of hydrogen-bond donors (Lipinski definition) is 0. The molecule has 262 valence electrons. The highest BCUT2D eigenvalue weighted by Crippen LogP contribution is 2.36. The lowest BCUT2D eigenvalue weighted by Crippen LogP contribution is -2.01. The van der Waals surface area contributed by atoms with Crippen molar-refractivity contribution >= 4 is 43.7 Å². The van der Waals surface area contributed by atoms with Gasteiger partial charge in [-0.3, -0.25) is 0 Å². The van der Waals surface area contributed by atoms with Crippen molar-refractivity contribution in [2.45, 2.75) is 0 Å². The van der Waals surface area contributed by atoms with Gasteiger partial charge in [-0.15, -0.1) is 0 Å². The first-order valence-corrected chi connectivity index (χ1v) is 18.8. The molecule has 8 aromatic carbocycles. The minimum absolute atomic E-state index is 0.576. The summed E-state index contributed by atoms with van der Waals surface area (Å²) in [5.41, 5.74) is 12.2. The average Bonchev–Trinajstić information content (AvgIpc) is 3.82. The Kier molecular flexibility index (Phi) is 7.42. The molecule has 0 amide bonds. The largest absolute Gasteiger partial charge is 0.456 e. The highest BCUT2D eigenvalue weighted by Gasteiger charge is 2.17. The van der Waals surface area contributed by atoms with Crippen molar-refractivity contribution in [1.82, 2.24) is 19.5 Å². The Morgan fingerprint density at radius 1 is 0.304 bits per heavy atom. The number of furan rings is 1. The standard InChI is InChI=1S/C51H32N4O/c1-2-12-33(13-3-1)34-24-26-35(27-25-34)36-14-10-15-37(30-36)49-52-50(54-51(53-49)39-28-29-44-43-20-6-9-23-47(43)56-48(44)32-39)38-16-11-17-40(31-38)55-45-21-7-4-18-41(45)42-19-5-8-22-46(42)55/h1-32H. The molecule has 5 nitrogen and oxygen atoms in total. The lowest BCUT2D eigenvalue weighted by molar-refractivity contribution is 0.669. The summed E-state index contributed by atoms with van der Waals surface area (Å²) in [7, 11) is 0. The molecule has 0 unspecified atom stereocenters. The quantitative estimate of drug-likeness (QED) is 0.172. The predicted molar refractivity (Wildman–Crippen MR) is 229 cm³/mol. The number of nitrogens with zero attached hydrogens (tertiary/aromatic N) is 4. The Hall–Kier alpha value is -7.63. The van der Waals surface area contributed by atoms with Crippen molar-refractivity contribution in [3.8, 4) is 62.1 Å². The maximum atomic E-state index is 6.30. The monoisotopic (exact) mass is 716 g/mol. The molecule has 0 aliphatic carbocycles. The van der Waals surface area contributed by atoms with E-state index in [1.165, 1.54) is 21.9 Å². The number of para-hydroxylation sites is 3. The van der Waals surface area contributed by atoms with Gasteiger partial charge in [-0.1, -0.05) is 146 Å². The Morgan fingerprint density at radius 3 is 1.46 bits per heavy atom. The topological polar surface area (TPSA) is 56.7 Å². The molecule has 3 heterocycles. The minimum Gasteiger partial charge on any atom is -0.456 e. The lowest BCUT2D eigenvalue weighted by Gasteiger charge is -2.12. The van der Waals surface area contributed by atoms with E-state index in [1.54, 1.807) is 0 Å². The van der Waals surface area contributed by atoms with Crippen LogP contribution in [0.5, 0.6) is 0 Å². The van der Waals surface area contributed by atoms with Gasteiger partial charge in [-0.05, 0) is 70.8 Å². The lowest BCUT2D eigenvalue weighted by atomic mass is 9.99. The zero-order chi connectivity index (χ0) is 37.0. The average molecular weight is 717 g/mol. The van der Waals surface area contributed by atoms with Crippen LogP contribution in [-0.4, -0.2) is 19.5 Å². The molecular weight excluding hydrogens is 685 g/mol. The third kappa shape index (κ3) is 5.45. The van der Waals surface area contributed by atoms with Crippen LogP contribution in [0.15, 0.2) is 199 Å². The normalized spacial score (nSPS) is 11.6. The van der Waals surface area contributed by atoms with Crippen molar-refractivity contribution in [1.29, 1.82) is 0 Å². The molecule has 0 N–H and O–H groups in total. The number of aromatic nitrogens is 4. The fourth-order valence-corrected chi connectivity index (χ4v) is 7.94. The van der Waals surface area contributed by atoms with E-state index in [1.807, 2.05) is 30.3 Å². The van der Waals surface area contributed by atoms with Crippen molar-refractivity contribution < 1.29 is 4.42 Å². The fourth-order valence-electron chi connectivity index (χ4n) is 7.94. The molecule has 11 aromatic rings. The van der Waals surface area contributed by atoms with Crippen LogP contribution in [0.1, 0.15) is 0 Å². The number of hydrogen-bond acceptors (Lipinski definition) is 4. The molecule has 11 rings (SSSR count). The van der Waals surface area contributed by atoms with Crippen LogP contribution in [0.3, 0.4) is 0 Å². The molecule has 0 bridgehead atoms. The number of benzene rings is 8. The number of rotatable bonds is 6. The van der Waals surface area contributed by atoms with Crippen molar-refractivity contribution in [3.63, 3.8) is 0 Å². The van der Waals surface area contributed by atoms with Gasteiger partial charge in [-0.2, -0.15) is 0 Å². The molecule has 56 heavy (non-hydrogen) atoms. The summed E-state index contributed by atoms with van der Waals surface area (Å²) in [4.78, 5) is 15.5. The van der Waals surface area contributed by atoms with Crippen LogP contribution in [0.4, 0.5) is 0 Å². The van der Waals surface area contributed by atoms with Gasteiger partial charge in [0.2, 0.25) is 0 Å². The van der Waals surface area contributed by atoms with Crippen LogP contribution < -0.4 is 0 Å². The second-order valence-corrected chi connectivity index (χ2v) is 14.1. The van der Waals surface area contributed by atoms with Crippen LogP contribution in [0.25, 0.3) is 106 Å². The summed E-state index contributed by atoms with van der Waals surface area (Å²) >= 11 is 0. The van der Waals surface area contributed by atoms with E-state index < -0.39 is 0 Å². The minimum atomic E-state index is 0.576. The molecule has 0 spiro atoms. The maximum Gasteiger partial charge on any atom is 0.164 e. The molecule has 0 saturated carbocycles. The third-order valence-corrected chi connectivity index (χ3v) is 10.7. The Bertz CT molecular complexity index is 3200. The summed E-state index contributed by atoms with van der Waals surface area (Å²) < 4.78 is 8.62. The zero-order valence-corrected chi connectivity index (χ0v) is 30.2. The third-order valence-electron chi connectivity index (χ3n) is 10.7. The van der Waals surface area contributed by atoms with E-state index in [9.17, 15) is 0 Å². The van der Waals surface area contributed by atoms with E-state index in [2.05, 4.69) is 168 Å². The van der Waals surface area contributed by atoms with Gasteiger partial charge in [0.25, 0.3) is 0 Å². The Balaban J connectivity index is 1.06. The summed E-state index contributed by atoms with van der Waals surface area (Å²) in [6.07, 6.45) is 0. The van der Waals surface area contributed by atoms with Gasteiger partial charge in [0, 0.05) is 43.9 Å². The SMILES string of the molecule is c1ccc(-c2ccc(-c3cccc(-c4nc(-c5cccc(-n6c7ccccc7c7ccccc76)c5)nc(-c5ccc6c(c5)oc5ccccc56)n4)c3)cc2)cc1. The van der Waals surface area contributed by atoms with Crippen molar-refractivity contribution in [2.24, 2.45) is 0 Å². The van der Waals surface area contributed by atoms with Gasteiger partial charge in [0.1, 0.15) is 11.2 Å². The molecule has 3 aromatic heterocycles. The Morgan fingerprint density at radius 2 is 0.768 bits per heavy atom.